The van der Waals surface area contributed by atoms with Gasteiger partial charge in [-0.2, -0.15) is 0 Å². The van der Waals surface area contributed by atoms with Crippen LogP contribution >= 0.6 is 0 Å². The van der Waals surface area contributed by atoms with Gasteiger partial charge in [0.2, 0.25) is 21.8 Å². The highest BCUT2D eigenvalue weighted by Gasteiger charge is 2.61. The van der Waals surface area contributed by atoms with Gasteiger partial charge in [0.25, 0.3) is 5.91 Å². The van der Waals surface area contributed by atoms with Crippen LogP contribution < -0.4 is 30.1 Å². The summed E-state index contributed by atoms with van der Waals surface area (Å²) in [6, 6.07) is 21.2. The number of methoxy groups -OCH3 is 1. The molecule has 0 saturated heterocycles. The zero-order chi connectivity index (χ0) is 42.7. The maximum atomic E-state index is 14.5. The van der Waals surface area contributed by atoms with E-state index in [1.54, 1.807) is 52.1 Å². The third-order valence-corrected chi connectivity index (χ3v) is 12.6. The molecule has 316 valence electrons. The van der Waals surface area contributed by atoms with E-state index < -0.39 is 68.2 Å². The van der Waals surface area contributed by atoms with E-state index in [0.717, 1.165) is 23.8 Å². The Kier molecular flexibility index (Phi) is 12.2. The number of aromatic nitrogens is 1. The Morgan fingerprint density at radius 3 is 2.32 bits per heavy atom. The van der Waals surface area contributed by atoms with E-state index in [0.29, 0.717) is 59.7 Å². The minimum Gasteiger partial charge on any atom is -0.497 e. The minimum atomic E-state index is -3.92. The number of nitrogens with one attached hydrogen (secondary N) is 4. The molecule has 7 rings (SSSR count). The maximum Gasteiger partial charge on any atom is 0.408 e. The first-order valence-electron chi connectivity index (χ1n) is 20.3. The topological polar surface area (TPSA) is 191 Å². The van der Waals surface area contributed by atoms with Crippen LogP contribution in [-0.4, -0.2) is 66.8 Å². The molecule has 2 aliphatic carbocycles. The molecule has 2 heterocycles. The Balaban J connectivity index is 1.21. The van der Waals surface area contributed by atoms with Gasteiger partial charge in [-0.1, -0.05) is 67.5 Å². The van der Waals surface area contributed by atoms with E-state index in [4.69, 9.17) is 19.2 Å². The van der Waals surface area contributed by atoms with Gasteiger partial charge in [-0.3, -0.25) is 19.1 Å². The van der Waals surface area contributed by atoms with E-state index in [-0.39, 0.29) is 12.8 Å². The van der Waals surface area contributed by atoms with E-state index in [2.05, 4.69) is 20.7 Å². The van der Waals surface area contributed by atoms with Crippen molar-refractivity contribution < 1.29 is 41.8 Å². The lowest BCUT2D eigenvalue weighted by atomic mass is 10.0. The summed E-state index contributed by atoms with van der Waals surface area (Å²) in [4.78, 5) is 60.2. The summed E-state index contributed by atoms with van der Waals surface area (Å²) in [5.74, 6) is -1.09. The molecule has 0 unspecified atom stereocenters. The van der Waals surface area contributed by atoms with E-state index in [1.807, 2.05) is 66.7 Å². The molecule has 2 saturated carbocycles. The molecule has 14 nitrogen and oxygen atoms in total. The average molecular weight is 838 g/mol. The molecule has 4 aromatic rings. The van der Waals surface area contributed by atoms with Crippen molar-refractivity contribution >= 4 is 44.7 Å². The number of alkyl carbamates (subject to hydrolysis) is 1. The van der Waals surface area contributed by atoms with Crippen LogP contribution in [0.25, 0.3) is 22.2 Å². The first-order valence-corrected chi connectivity index (χ1v) is 21.9. The standard InChI is InChI=1S/C45H51N5O9S/c1-44(2,3)59-43(54)47-35-16-12-7-5-6-11-15-30-27-45(30,42(53)50-60(55,56)33-22-23-33)49-41(52)39(48-40(35)51)29-17-19-31(20-18-29)58-38-26-36(28-13-9-8-10-14-28)46-37-25-32(57-4)21-24-34(37)38/h8-11,13-15,17-21,24-26,30,33,35,39H,5-7,12,16,22-23,27H2,1-4H3,(H,47,54)(H,48,51)(H,49,52)(H,50,53)/b15-11-/t30-,35-,39-,45+/m0/s1. The van der Waals surface area contributed by atoms with Crippen molar-refractivity contribution in [3.63, 3.8) is 0 Å². The van der Waals surface area contributed by atoms with Crippen molar-refractivity contribution in [3.8, 4) is 28.5 Å². The van der Waals surface area contributed by atoms with Gasteiger partial charge in [0.05, 0.1) is 23.6 Å². The average Bonchev–Trinajstić information content (AvgIpc) is 4.15. The van der Waals surface area contributed by atoms with Gasteiger partial charge in [-0.05, 0) is 89.1 Å². The van der Waals surface area contributed by atoms with Crippen LogP contribution in [0, 0.1) is 5.92 Å². The number of pyridine rings is 1. The van der Waals surface area contributed by atoms with Crippen LogP contribution in [0.5, 0.6) is 17.2 Å². The zero-order valence-corrected chi connectivity index (χ0v) is 35.0. The predicted molar refractivity (Wildman–Crippen MR) is 226 cm³/mol. The molecular weight excluding hydrogens is 787 g/mol. The molecule has 2 fully saturated rings. The van der Waals surface area contributed by atoms with E-state index in [1.165, 1.54) is 0 Å². The second kappa shape index (κ2) is 17.3. The fourth-order valence-electron chi connectivity index (χ4n) is 7.27. The summed E-state index contributed by atoms with van der Waals surface area (Å²) in [5, 5.41) is 8.43. The summed E-state index contributed by atoms with van der Waals surface area (Å²) in [6.45, 7) is 5.15. The lowest BCUT2D eigenvalue weighted by Gasteiger charge is -2.27. The molecule has 4 N–H and O–H groups in total. The quantitative estimate of drug-likeness (QED) is 0.131. The molecule has 3 aliphatic rings. The number of benzene rings is 3. The molecule has 0 spiro atoms. The molecule has 3 aromatic carbocycles. The number of hydrogen-bond donors (Lipinski definition) is 4. The molecule has 4 amide bonds. The maximum absolute atomic E-state index is 14.5. The number of fused-ring (bicyclic) bond motifs is 2. The smallest absolute Gasteiger partial charge is 0.408 e. The third-order valence-electron chi connectivity index (χ3n) is 10.7. The lowest BCUT2D eigenvalue weighted by molar-refractivity contribution is -0.133. The Morgan fingerprint density at radius 2 is 1.62 bits per heavy atom. The summed E-state index contributed by atoms with van der Waals surface area (Å²) >= 11 is 0. The fraction of sp³-hybridized carbons (Fsp3) is 0.400. The molecule has 1 aliphatic heterocycles. The summed E-state index contributed by atoms with van der Waals surface area (Å²) in [7, 11) is -2.34. The van der Waals surface area contributed by atoms with Gasteiger partial charge in [0.15, 0.2) is 0 Å². The van der Waals surface area contributed by atoms with Gasteiger partial charge in [0, 0.05) is 29.0 Å². The number of amides is 4. The van der Waals surface area contributed by atoms with Gasteiger partial charge in [0.1, 0.15) is 40.5 Å². The number of nitrogens with zero attached hydrogens (tertiary/aromatic N) is 1. The second-order valence-corrected chi connectivity index (χ2v) is 18.5. The van der Waals surface area contributed by atoms with Crippen LogP contribution in [0.2, 0.25) is 0 Å². The summed E-state index contributed by atoms with van der Waals surface area (Å²) < 4.78 is 45.4. The number of carbonyl (C=O) groups excluding carboxylic acids is 4. The molecule has 1 aromatic heterocycles. The first-order chi connectivity index (χ1) is 28.6. The molecule has 60 heavy (non-hydrogen) atoms. The minimum absolute atomic E-state index is 0.175. The Morgan fingerprint density at radius 1 is 0.883 bits per heavy atom. The van der Waals surface area contributed by atoms with Gasteiger partial charge >= 0.3 is 6.09 Å². The van der Waals surface area contributed by atoms with Crippen LogP contribution in [0.15, 0.2) is 91.0 Å². The number of ether oxygens (including phenoxy) is 3. The van der Waals surface area contributed by atoms with Crippen molar-refractivity contribution in [1.29, 1.82) is 0 Å². The van der Waals surface area contributed by atoms with Crippen molar-refractivity contribution in [3.05, 3.63) is 96.6 Å². The van der Waals surface area contributed by atoms with Crippen molar-refractivity contribution in [2.45, 2.75) is 101 Å². The highest BCUT2D eigenvalue weighted by molar-refractivity contribution is 7.91. The fourth-order valence-corrected chi connectivity index (χ4v) is 8.63. The van der Waals surface area contributed by atoms with Crippen molar-refractivity contribution in [1.82, 2.24) is 25.7 Å². The van der Waals surface area contributed by atoms with E-state index in [9.17, 15) is 27.6 Å². The van der Waals surface area contributed by atoms with Crippen LogP contribution in [0.3, 0.4) is 0 Å². The monoisotopic (exact) mass is 837 g/mol. The molecule has 0 bridgehead atoms. The van der Waals surface area contributed by atoms with Crippen molar-refractivity contribution in [2.24, 2.45) is 5.92 Å². The number of allylic oxidation sites excluding steroid dienone is 1. The van der Waals surface area contributed by atoms with Gasteiger partial charge < -0.3 is 30.2 Å². The highest BCUT2D eigenvalue weighted by atomic mass is 32.2. The van der Waals surface area contributed by atoms with Crippen molar-refractivity contribution in [2.75, 3.05) is 7.11 Å². The SMILES string of the molecule is COc1ccc2c(Oc3ccc([C@@H]4NC(=O)[C@@H](NC(=O)OC(C)(C)C)CCCCC/C=C\[C@H]5C[C@@]5(C(=O)NS(=O)(=O)C5CC5)NC4=O)cc3)cc(-c3ccccc3)nc2c1. The molecular formula is C45H51N5O9S. The third kappa shape index (κ3) is 10.1. The summed E-state index contributed by atoms with van der Waals surface area (Å²) in [5.41, 5.74) is 0.193. The molecule has 4 atom stereocenters. The molecule has 15 heteroatoms. The Bertz CT molecular complexity index is 2400. The summed E-state index contributed by atoms with van der Waals surface area (Å²) in [6.07, 6.45) is 7.16. The van der Waals surface area contributed by atoms with Gasteiger partial charge in [-0.25, -0.2) is 18.2 Å². The number of carbonyl (C=O) groups is 4. The first kappa shape index (κ1) is 42.2. The molecule has 0 radical (unpaired) electrons. The zero-order valence-electron chi connectivity index (χ0n) is 34.2. The normalized spacial score (nSPS) is 23.0. The Hall–Kier alpha value is -5.96. The predicted octanol–water partition coefficient (Wildman–Crippen LogP) is 6.76. The van der Waals surface area contributed by atoms with E-state index >= 15 is 0 Å². The Labute approximate surface area is 349 Å². The van der Waals surface area contributed by atoms with Crippen LogP contribution in [-0.2, 0) is 29.1 Å². The number of hydrogen-bond acceptors (Lipinski definition) is 10. The number of rotatable bonds is 9. The second-order valence-electron chi connectivity index (χ2n) is 16.6. The largest absolute Gasteiger partial charge is 0.497 e. The lowest BCUT2D eigenvalue weighted by Crippen LogP contribution is -2.56. The van der Waals surface area contributed by atoms with Crippen LogP contribution in [0.1, 0.15) is 83.7 Å². The van der Waals surface area contributed by atoms with Crippen LogP contribution in [0.4, 0.5) is 4.79 Å². The highest BCUT2D eigenvalue weighted by Crippen LogP contribution is 2.46. The van der Waals surface area contributed by atoms with Gasteiger partial charge in [-0.15, -0.1) is 0 Å². The number of sulfonamides is 1.